The van der Waals surface area contributed by atoms with Crippen LogP contribution in [0.1, 0.15) is 15.2 Å². The van der Waals surface area contributed by atoms with E-state index in [4.69, 9.17) is 17.3 Å². The molecule has 0 aliphatic heterocycles. The second-order valence-corrected chi connectivity index (χ2v) is 4.44. The maximum absolute atomic E-state index is 11.5. The van der Waals surface area contributed by atoms with E-state index in [1.165, 1.54) is 18.4 Å². The van der Waals surface area contributed by atoms with E-state index in [0.29, 0.717) is 15.1 Å². The zero-order chi connectivity index (χ0) is 11.9. The summed E-state index contributed by atoms with van der Waals surface area (Å²) in [5.74, 6) is -0.130. The van der Waals surface area contributed by atoms with Crippen LogP contribution in [-0.2, 0) is 4.74 Å². The molecule has 2 heterocycles. The van der Waals surface area contributed by atoms with E-state index >= 15 is 0 Å². The van der Waals surface area contributed by atoms with Gasteiger partial charge in [-0.1, -0.05) is 0 Å². The zero-order valence-corrected chi connectivity index (χ0v) is 10.1. The minimum atomic E-state index is -0.406. The van der Waals surface area contributed by atoms with Crippen molar-refractivity contribution in [3.8, 4) is 0 Å². The molecule has 0 aromatic carbocycles. The Balaban J connectivity index is 2.78. The van der Waals surface area contributed by atoms with Gasteiger partial charge in [0.05, 0.1) is 12.5 Å². The molecule has 0 amide bonds. The number of nitrogens with zero attached hydrogens (tertiary/aromatic N) is 2. The van der Waals surface area contributed by atoms with Gasteiger partial charge in [-0.3, -0.25) is 0 Å². The fourth-order valence-corrected chi connectivity index (χ4v) is 2.76. The maximum Gasteiger partial charge on any atom is 0.348 e. The van der Waals surface area contributed by atoms with Crippen molar-refractivity contribution in [2.45, 2.75) is 6.92 Å². The van der Waals surface area contributed by atoms with E-state index in [2.05, 4.69) is 14.7 Å². The SMILES string of the molecule is COC(=O)c1sc2nc(Cl)nc(N)c2c1C. The van der Waals surface area contributed by atoms with Gasteiger partial charge in [0, 0.05) is 0 Å². The number of hydrogen-bond donors (Lipinski definition) is 1. The summed E-state index contributed by atoms with van der Waals surface area (Å²) in [4.78, 5) is 20.4. The van der Waals surface area contributed by atoms with Crippen LogP contribution in [0.25, 0.3) is 10.2 Å². The highest BCUT2D eigenvalue weighted by Gasteiger charge is 2.19. The van der Waals surface area contributed by atoms with Gasteiger partial charge in [0.2, 0.25) is 5.28 Å². The molecular formula is C9H8ClN3O2S. The van der Waals surface area contributed by atoms with Gasteiger partial charge in [0.1, 0.15) is 15.5 Å². The second kappa shape index (κ2) is 3.88. The third-order valence-corrected chi connectivity index (χ3v) is 3.50. The number of aromatic nitrogens is 2. The van der Waals surface area contributed by atoms with Crippen LogP contribution >= 0.6 is 22.9 Å². The summed E-state index contributed by atoms with van der Waals surface area (Å²) < 4.78 is 4.67. The highest BCUT2D eigenvalue weighted by molar-refractivity contribution is 7.20. The largest absolute Gasteiger partial charge is 0.465 e. The van der Waals surface area contributed by atoms with Crippen molar-refractivity contribution in [2.75, 3.05) is 12.8 Å². The van der Waals surface area contributed by atoms with Gasteiger partial charge in [-0.2, -0.15) is 0 Å². The summed E-state index contributed by atoms with van der Waals surface area (Å²) in [5, 5.41) is 0.734. The second-order valence-electron chi connectivity index (χ2n) is 3.11. The molecule has 0 radical (unpaired) electrons. The van der Waals surface area contributed by atoms with Gasteiger partial charge in [-0.15, -0.1) is 11.3 Å². The molecule has 2 aromatic rings. The van der Waals surface area contributed by atoms with Crippen molar-refractivity contribution < 1.29 is 9.53 Å². The summed E-state index contributed by atoms with van der Waals surface area (Å²) in [6.07, 6.45) is 0. The number of aryl methyl sites for hydroxylation is 1. The third-order valence-electron chi connectivity index (χ3n) is 2.16. The molecule has 2 aromatic heterocycles. The maximum atomic E-state index is 11.5. The van der Waals surface area contributed by atoms with E-state index in [-0.39, 0.29) is 11.1 Å². The Labute approximate surface area is 100 Å². The number of carbonyl (C=O) groups is 1. The molecule has 2 rings (SSSR count). The molecule has 84 valence electrons. The van der Waals surface area contributed by atoms with E-state index in [1.807, 2.05) is 0 Å². The molecule has 0 spiro atoms. The Morgan fingerprint density at radius 1 is 1.50 bits per heavy atom. The molecule has 0 saturated heterocycles. The van der Waals surface area contributed by atoms with Gasteiger partial charge < -0.3 is 10.5 Å². The van der Waals surface area contributed by atoms with Gasteiger partial charge >= 0.3 is 5.97 Å². The van der Waals surface area contributed by atoms with Crippen molar-refractivity contribution in [3.05, 3.63) is 15.7 Å². The number of fused-ring (bicyclic) bond motifs is 1. The number of esters is 1. The molecule has 0 atom stereocenters. The van der Waals surface area contributed by atoms with Crippen LogP contribution in [0.2, 0.25) is 5.28 Å². The summed E-state index contributed by atoms with van der Waals surface area (Å²) in [7, 11) is 1.33. The van der Waals surface area contributed by atoms with Gasteiger partial charge in [-0.05, 0) is 24.1 Å². The van der Waals surface area contributed by atoms with Crippen LogP contribution in [0.15, 0.2) is 0 Å². The van der Waals surface area contributed by atoms with Crippen molar-refractivity contribution >= 4 is 44.9 Å². The average Bonchev–Trinajstić information content (AvgIpc) is 2.54. The Hall–Kier alpha value is -1.40. The predicted octanol–water partition coefficient (Wildman–Crippen LogP) is 2.02. The Morgan fingerprint density at radius 2 is 2.19 bits per heavy atom. The number of nitrogen functional groups attached to an aromatic ring is 1. The first-order valence-corrected chi connectivity index (χ1v) is 5.54. The van der Waals surface area contributed by atoms with Crippen molar-refractivity contribution in [1.82, 2.24) is 9.97 Å². The van der Waals surface area contributed by atoms with Crippen molar-refractivity contribution in [3.63, 3.8) is 0 Å². The van der Waals surface area contributed by atoms with Crippen LogP contribution in [0, 0.1) is 6.92 Å². The number of carbonyl (C=O) groups excluding carboxylic acids is 1. The van der Waals surface area contributed by atoms with Crippen LogP contribution in [-0.4, -0.2) is 23.0 Å². The van der Waals surface area contributed by atoms with Crippen molar-refractivity contribution in [1.29, 1.82) is 0 Å². The topological polar surface area (TPSA) is 78.1 Å². The number of anilines is 1. The highest BCUT2D eigenvalue weighted by atomic mass is 35.5. The van der Waals surface area contributed by atoms with E-state index in [1.54, 1.807) is 6.92 Å². The summed E-state index contributed by atoms with van der Waals surface area (Å²) in [6, 6.07) is 0. The summed E-state index contributed by atoms with van der Waals surface area (Å²) in [6.45, 7) is 1.78. The molecule has 16 heavy (non-hydrogen) atoms. The lowest BCUT2D eigenvalue weighted by Gasteiger charge is -1.98. The molecule has 5 nitrogen and oxygen atoms in total. The van der Waals surface area contributed by atoms with Crippen molar-refractivity contribution in [2.24, 2.45) is 0 Å². The standard InChI is InChI=1S/C9H8ClN3O2S/c1-3-4-6(11)12-9(10)13-7(4)16-5(3)8(14)15-2/h1-2H3,(H2,11,12,13). The summed E-state index contributed by atoms with van der Waals surface area (Å²) in [5.41, 5.74) is 6.45. The number of nitrogens with two attached hydrogens (primary N) is 1. The molecule has 0 aliphatic rings. The molecule has 0 saturated carbocycles. The van der Waals surface area contributed by atoms with Gasteiger partial charge in [-0.25, -0.2) is 14.8 Å². The van der Waals surface area contributed by atoms with Crippen LogP contribution < -0.4 is 5.73 Å². The van der Waals surface area contributed by atoms with Gasteiger partial charge in [0.15, 0.2) is 0 Å². The Kier molecular flexibility index (Phi) is 2.69. The number of thiophene rings is 1. The van der Waals surface area contributed by atoms with Crippen LogP contribution in [0.5, 0.6) is 0 Å². The zero-order valence-electron chi connectivity index (χ0n) is 8.57. The first kappa shape index (κ1) is 11.1. The number of methoxy groups -OCH3 is 1. The van der Waals surface area contributed by atoms with Gasteiger partial charge in [0.25, 0.3) is 0 Å². The minimum Gasteiger partial charge on any atom is -0.465 e. The molecule has 0 bridgehead atoms. The first-order valence-electron chi connectivity index (χ1n) is 4.35. The molecule has 0 unspecified atom stereocenters. The fraction of sp³-hybridized carbons (Fsp3) is 0.222. The molecule has 0 fully saturated rings. The van der Waals surface area contributed by atoms with E-state index in [9.17, 15) is 4.79 Å². The summed E-state index contributed by atoms with van der Waals surface area (Å²) >= 11 is 6.88. The lowest BCUT2D eigenvalue weighted by atomic mass is 10.2. The van der Waals surface area contributed by atoms with E-state index < -0.39 is 5.97 Å². The number of rotatable bonds is 1. The van der Waals surface area contributed by atoms with E-state index in [0.717, 1.165) is 5.56 Å². The molecule has 0 aliphatic carbocycles. The minimum absolute atomic E-state index is 0.0719. The average molecular weight is 258 g/mol. The number of hydrogen-bond acceptors (Lipinski definition) is 6. The lowest BCUT2D eigenvalue weighted by molar-refractivity contribution is 0.0605. The normalized spacial score (nSPS) is 10.7. The molecule has 7 heteroatoms. The van der Waals surface area contributed by atoms with Crippen LogP contribution in [0.3, 0.4) is 0 Å². The fourth-order valence-electron chi connectivity index (χ4n) is 1.43. The number of halogens is 1. The smallest absolute Gasteiger partial charge is 0.348 e. The predicted molar refractivity (Wildman–Crippen MR) is 62.9 cm³/mol. The Morgan fingerprint density at radius 3 is 2.81 bits per heavy atom. The lowest BCUT2D eigenvalue weighted by Crippen LogP contribution is -2.00. The van der Waals surface area contributed by atoms with Crippen LogP contribution in [0.4, 0.5) is 5.82 Å². The quantitative estimate of drug-likeness (QED) is 0.625. The Bertz CT molecular complexity index is 582. The number of ether oxygens (including phenoxy) is 1. The highest BCUT2D eigenvalue weighted by Crippen LogP contribution is 2.33. The monoisotopic (exact) mass is 257 g/mol. The third kappa shape index (κ3) is 1.60. The molecular weight excluding hydrogens is 250 g/mol. The molecule has 2 N–H and O–H groups in total. The first-order chi connectivity index (χ1) is 7.54.